The molecule has 0 atom stereocenters. The van der Waals surface area contributed by atoms with Gasteiger partial charge in [-0.25, -0.2) is 14.2 Å². The molecule has 160 valence electrons. The molecule has 0 unspecified atom stereocenters. The average molecular weight is 419 g/mol. The Morgan fingerprint density at radius 2 is 2.10 bits per heavy atom. The van der Waals surface area contributed by atoms with Crippen molar-refractivity contribution in [2.24, 2.45) is 0 Å². The minimum atomic E-state index is -0.908. The van der Waals surface area contributed by atoms with Crippen molar-refractivity contribution in [1.29, 1.82) is 0 Å². The molecule has 0 aliphatic heterocycles. The number of fused-ring (bicyclic) bond motifs is 1. The largest absolute Gasteiger partial charge is 0.475 e. The molecule has 1 heterocycles. The lowest BCUT2D eigenvalue weighted by Crippen LogP contribution is -2.27. The first-order valence-corrected chi connectivity index (χ1v) is 9.78. The molecule has 2 aromatic rings. The Labute approximate surface area is 171 Å². The molecule has 9 nitrogen and oxygen atoms in total. The number of esters is 1. The van der Waals surface area contributed by atoms with Crippen molar-refractivity contribution in [3.05, 3.63) is 56.0 Å². The van der Waals surface area contributed by atoms with E-state index >= 15 is 0 Å². The monoisotopic (exact) mass is 419 g/mol. The van der Waals surface area contributed by atoms with Crippen LogP contribution in [0.4, 0.5) is 10.1 Å². The number of halogens is 1. The van der Waals surface area contributed by atoms with Gasteiger partial charge in [0.25, 0.3) is 5.56 Å². The summed E-state index contributed by atoms with van der Waals surface area (Å²) in [6.07, 6.45) is 5.67. The normalized spacial score (nSPS) is 12.9. The minimum absolute atomic E-state index is 0.211. The Bertz CT molecular complexity index is 1020. The topological polar surface area (TPSA) is 114 Å². The van der Waals surface area contributed by atoms with Crippen LogP contribution in [0.5, 0.6) is 5.75 Å². The molecule has 0 saturated carbocycles. The predicted octanol–water partition coefficient (Wildman–Crippen LogP) is 2.88. The Balaban J connectivity index is 1.90. The molecule has 0 amide bonds. The maximum atomic E-state index is 14.8. The van der Waals surface area contributed by atoms with Crippen LogP contribution in [-0.2, 0) is 22.4 Å². The fourth-order valence-corrected chi connectivity index (χ4v) is 3.24. The summed E-state index contributed by atoms with van der Waals surface area (Å²) in [4.78, 5) is 39.4. The van der Waals surface area contributed by atoms with Crippen LogP contribution in [0.15, 0.2) is 23.3 Å². The van der Waals surface area contributed by atoms with Gasteiger partial charge >= 0.3 is 11.7 Å². The van der Waals surface area contributed by atoms with Gasteiger partial charge in [-0.1, -0.05) is 13.3 Å². The third-order valence-electron chi connectivity index (χ3n) is 4.84. The number of benzene rings is 1. The van der Waals surface area contributed by atoms with E-state index in [0.29, 0.717) is 30.5 Å². The molecule has 0 bridgehead atoms. The van der Waals surface area contributed by atoms with Gasteiger partial charge in [0.2, 0.25) is 5.75 Å². The van der Waals surface area contributed by atoms with Crippen LogP contribution in [-0.4, -0.2) is 33.7 Å². The van der Waals surface area contributed by atoms with Gasteiger partial charge in [-0.15, -0.1) is 0 Å². The van der Waals surface area contributed by atoms with Crippen molar-refractivity contribution < 1.29 is 23.6 Å². The first-order valence-electron chi connectivity index (χ1n) is 9.78. The molecule has 1 aliphatic carbocycles. The minimum Gasteiger partial charge on any atom is -0.475 e. The van der Waals surface area contributed by atoms with Gasteiger partial charge in [-0.2, -0.15) is 0 Å². The van der Waals surface area contributed by atoms with Crippen molar-refractivity contribution in [2.75, 3.05) is 13.2 Å². The highest BCUT2D eigenvalue weighted by Crippen LogP contribution is 2.31. The second-order valence-corrected chi connectivity index (χ2v) is 6.94. The van der Waals surface area contributed by atoms with Crippen LogP contribution in [0.3, 0.4) is 0 Å². The summed E-state index contributed by atoms with van der Waals surface area (Å²) in [6.45, 7) is 1.55. The van der Waals surface area contributed by atoms with Crippen LogP contribution >= 0.6 is 0 Å². The van der Waals surface area contributed by atoms with E-state index in [0.717, 1.165) is 36.0 Å². The highest BCUT2D eigenvalue weighted by molar-refractivity contribution is 5.71. The average Bonchev–Trinajstić information content (AvgIpc) is 2.73. The van der Waals surface area contributed by atoms with Crippen molar-refractivity contribution in [1.82, 2.24) is 9.55 Å². The van der Waals surface area contributed by atoms with Crippen molar-refractivity contribution in [3.8, 4) is 11.4 Å². The third kappa shape index (κ3) is 4.64. The number of rotatable bonds is 8. The first-order chi connectivity index (χ1) is 14.4. The van der Waals surface area contributed by atoms with E-state index in [1.165, 1.54) is 6.33 Å². The molecular formula is C20H22FN3O6. The summed E-state index contributed by atoms with van der Waals surface area (Å²) < 4.78 is 25.8. The van der Waals surface area contributed by atoms with E-state index in [-0.39, 0.29) is 12.3 Å². The van der Waals surface area contributed by atoms with Crippen LogP contribution in [0, 0.1) is 15.9 Å². The number of nitro groups is 1. The smallest absolute Gasteiger partial charge is 0.344 e. The Hall–Kier alpha value is -3.30. The molecule has 0 fully saturated rings. The number of hydrogen-bond acceptors (Lipinski definition) is 7. The van der Waals surface area contributed by atoms with Crippen LogP contribution in [0.2, 0.25) is 0 Å². The van der Waals surface area contributed by atoms with Crippen molar-refractivity contribution >= 4 is 11.7 Å². The molecular weight excluding hydrogens is 397 g/mol. The van der Waals surface area contributed by atoms with Crippen LogP contribution < -0.4 is 10.3 Å². The van der Waals surface area contributed by atoms with E-state index in [2.05, 4.69) is 4.98 Å². The molecule has 1 aromatic heterocycles. The fraction of sp³-hybridized carbons (Fsp3) is 0.450. The lowest BCUT2D eigenvalue weighted by molar-refractivity contribution is -0.385. The number of unbranched alkanes of at least 4 members (excludes halogenated alkanes) is 1. The molecule has 1 aromatic carbocycles. The number of nitrogens with zero attached hydrogens (tertiary/aromatic N) is 3. The second-order valence-electron chi connectivity index (χ2n) is 6.94. The van der Waals surface area contributed by atoms with Gasteiger partial charge < -0.3 is 9.47 Å². The number of nitro benzene ring substituents is 1. The molecule has 0 saturated heterocycles. The Kier molecular flexibility index (Phi) is 6.76. The Morgan fingerprint density at radius 3 is 2.83 bits per heavy atom. The third-order valence-corrected chi connectivity index (χ3v) is 4.84. The van der Waals surface area contributed by atoms with Gasteiger partial charge in [-0.05, 0) is 32.1 Å². The molecule has 30 heavy (non-hydrogen) atoms. The molecule has 0 radical (unpaired) electrons. The lowest BCUT2D eigenvalue weighted by atomic mass is 9.97. The number of carbonyl (C=O) groups excluding carboxylic acids is 1. The standard InChI is InChI=1S/C20H22FN3O6/c1-2-3-8-29-19(25)11-30-18-9-14(21)16(10-17(18)24(27)28)23-12-22-15-7-5-4-6-13(15)20(23)26/h9-10,12H,2-8,11H2,1H3. The summed E-state index contributed by atoms with van der Waals surface area (Å²) in [5.74, 6) is -2.04. The summed E-state index contributed by atoms with van der Waals surface area (Å²) in [5.41, 5.74) is -0.135. The van der Waals surface area contributed by atoms with E-state index in [1.54, 1.807) is 0 Å². The zero-order chi connectivity index (χ0) is 21.7. The zero-order valence-corrected chi connectivity index (χ0v) is 16.6. The number of aromatic nitrogens is 2. The molecule has 10 heteroatoms. The molecule has 0 spiro atoms. The van der Waals surface area contributed by atoms with Crippen molar-refractivity contribution in [2.45, 2.75) is 45.4 Å². The highest BCUT2D eigenvalue weighted by atomic mass is 19.1. The molecule has 1 aliphatic rings. The Morgan fingerprint density at radius 1 is 1.33 bits per heavy atom. The number of carbonyl (C=O) groups is 1. The summed E-state index contributed by atoms with van der Waals surface area (Å²) in [7, 11) is 0. The first kappa shape index (κ1) is 21.4. The number of aryl methyl sites for hydroxylation is 1. The summed E-state index contributed by atoms with van der Waals surface area (Å²) in [6, 6.07) is 1.70. The predicted molar refractivity (Wildman–Crippen MR) is 104 cm³/mol. The second kappa shape index (κ2) is 9.47. The maximum absolute atomic E-state index is 14.8. The van der Waals surface area contributed by atoms with E-state index in [4.69, 9.17) is 9.47 Å². The highest BCUT2D eigenvalue weighted by Gasteiger charge is 2.24. The molecule has 0 N–H and O–H groups in total. The van der Waals surface area contributed by atoms with Gasteiger partial charge in [0.05, 0.1) is 22.9 Å². The van der Waals surface area contributed by atoms with Gasteiger partial charge in [0.15, 0.2) is 12.4 Å². The number of hydrogen-bond donors (Lipinski definition) is 0. The van der Waals surface area contributed by atoms with E-state index < -0.39 is 40.3 Å². The fourth-order valence-electron chi connectivity index (χ4n) is 3.24. The number of ether oxygens (including phenoxy) is 2. The zero-order valence-electron chi connectivity index (χ0n) is 16.6. The summed E-state index contributed by atoms with van der Waals surface area (Å²) in [5, 5.41) is 11.5. The van der Waals surface area contributed by atoms with Gasteiger partial charge in [0, 0.05) is 17.7 Å². The van der Waals surface area contributed by atoms with E-state index in [1.807, 2.05) is 6.92 Å². The molecule has 3 rings (SSSR count). The lowest BCUT2D eigenvalue weighted by Gasteiger charge is -2.16. The van der Waals surface area contributed by atoms with E-state index in [9.17, 15) is 24.1 Å². The quantitative estimate of drug-likeness (QED) is 0.280. The van der Waals surface area contributed by atoms with Crippen molar-refractivity contribution in [3.63, 3.8) is 0 Å². The summed E-state index contributed by atoms with van der Waals surface area (Å²) >= 11 is 0. The van der Waals surface area contributed by atoms with Crippen LogP contribution in [0.25, 0.3) is 5.69 Å². The van der Waals surface area contributed by atoms with Gasteiger partial charge in [0.1, 0.15) is 6.33 Å². The van der Waals surface area contributed by atoms with Gasteiger partial charge in [-0.3, -0.25) is 19.5 Å². The maximum Gasteiger partial charge on any atom is 0.344 e. The SMILES string of the molecule is CCCCOC(=O)COc1cc(F)c(-n2cnc3c(c2=O)CCCC3)cc1[N+](=O)[O-]. The van der Waals surface area contributed by atoms with Crippen LogP contribution in [0.1, 0.15) is 43.9 Å².